The fourth-order valence-electron chi connectivity index (χ4n) is 2.34. The van der Waals surface area contributed by atoms with Crippen LogP contribution in [0.2, 0.25) is 0 Å². The molecule has 0 fully saturated rings. The van der Waals surface area contributed by atoms with Crippen LogP contribution in [0.1, 0.15) is 31.8 Å². The number of carbonyl (C=O) groups is 2. The van der Waals surface area contributed by atoms with Crippen molar-refractivity contribution < 1.29 is 38.4 Å². The molecule has 0 amide bonds. The Labute approximate surface area is 176 Å². The smallest absolute Gasteiger partial charge is 0.341 e. The van der Waals surface area contributed by atoms with E-state index in [0.29, 0.717) is 11.3 Å². The lowest BCUT2D eigenvalue weighted by molar-refractivity contribution is -0.122. The summed E-state index contributed by atoms with van der Waals surface area (Å²) < 4.78 is 24.7. The van der Waals surface area contributed by atoms with Gasteiger partial charge in [0.25, 0.3) is 0 Å². The van der Waals surface area contributed by atoms with Crippen molar-refractivity contribution in [2.45, 2.75) is 20.1 Å². The first-order valence-electron chi connectivity index (χ1n) is 9.02. The topological polar surface area (TPSA) is 101 Å². The highest BCUT2D eigenvalue weighted by Crippen LogP contribution is 2.22. The fraction of sp³-hybridized carbons (Fsp3) is 0.364. The predicted octanol–water partition coefficient (Wildman–Crippen LogP) is 3.27. The van der Waals surface area contributed by atoms with Crippen LogP contribution >= 0.6 is 0 Å². The van der Waals surface area contributed by atoms with Gasteiger partial charge in [-0.2, -0.15) is 0 Å². The molecule has 0 aliphatic rings. The summed E-state index contributed by atoms with van der Waals surface area (Å²) in [5.41, 5.74) is 2.47. The van der Waals surface area contributed by atoms with Crippen molar-refractivity contribution in [2.24, 2.45) is 0 Å². The van der Waals surface area contributed by atoms with Gasteiger partial charge in [0.2, 0.25) is 0 Å². The van der Waals surface area contributed by atoms with Crippen molar-refractivity contribution in [3.05, 3.63) is 58.7 Å². The minimum absolute atomic E-state index is 0.0400. The monoisotopic (exact) mass is 420 g/mol. The molecule has 2 rings (SSSR count). The summed E-state index contributed by atoms with van der Waals surface area (Å²) in [6.45, 7) is 3.94. The summed E-state index contributed by atoms with van der Waals surface area (Å²) in [6.07, 6.45) is -0.476. The molecule has 0 saturated heterocycles. The number of aryl methyl sites for hydroxylation is 2. The molecule has 0 bridgehead atoms. The molecule has 0 atom stereocenters. The maximum Gasteiger partial charge on any atom is 0.341 e. The number of esters is 2. The van der Waals surface area contributed by atoms with Crippen molar-refractivity contribution >= 4 is 11.9 Å². The number of phenols is 1. The van der Waals surface area contributed by atoms with E-state index in [0.717, 1.165) is 11.1 Å². The van der Waals surface area contributed by atoms with Gasteiger partial charge < -0.3 is 28.8 Å². The highest BCUT2D eigenvalue weighted by molar-refractivity contribution is 5.93. The highest BCUT2D eigenvalue weighted by Gasteiger charge is 2.15. The first kappa shape index (κ1) is 24.9. The Bertz CT molecular complexity index is 843. The Morgan fingerprint density at radius 2 is 1.33 bits per heavy atom. The molecule has 8 nitrogen and oxygen atoms in total. The minimum atomic E-state index is -0.521. The quantitative estimate of drug-likeness (QED) is 0.538. The van der Waals surface area contributed by atoms with E-state index in [1.54, 1.807) is 18.2 Å². The van der Waals surface area contributed by atoms with E-state index < -0.39 is 18.2 Å². The highest BCUT2D eigenvalue weighted by atomic mass is 16.7. The van der Waals surface area contributed by atoms with Crippen LogP contribution in [0.25, 0.3) is 0 Å². The second-order valence-electron chi connectivity index (χ2n) is 6.22. The molecule has 1 N–H and O–H groups in total. The van der Waals surface area contributed by atoms with E-state index in [1.165, 1.54) is 40.6 Å². The molecule has 0 aliphatic heterocycles. The van der Waals surface area contributed by atoms with E-state index >= 15 is 0 Å². The zero-order chi connectivity index (χ0) is 22.7. The van der Waals surface area contributed by atoms with E-state index in [4.69, 9.17) is 18.9 Å². The van der Waals surface area contributed by atoms with Gasteiger partial charge in [-0.1, -0.05) is 12.1 Å². The zero-order valence-electron chi connectivity index (χ0n) is 18.1. The predicted molar refractivity (Wildman–Crippen MR) is 110 cm³/mol. The second kappa shape index (κ2) is 12.5. The lowest BCUT2D eigenvalue weighted by atomic mass is 10.1. The van der Waals surface area contributed by atoms with Crippen LogP contribution < -0.4 is 4.74 Å². The van der Waals surface area contributed by atoms with Gasteiger partial charge in [0.15, 0.2) is 6.29 Å². The maximum atomic E-state index is 11.6. The molecule has 0 saturated carbocycles. The summed E-state index contributed by atoms with van der Waals surface area (Å²) in [5.74, 6) is -0.535. The number of hydrogen-bond acceptors (Lipinski definition) is 8. The molecule has 0 unspecified atom stereocenters. The third kappa shape index (κ3) is 7.38. The average molecular weight is 420 g/mol. The van der Waals surface area contributed by atoms with Crippen LogP contribution in [-0.4, -0.2) is 58.4 Å². The first-order chi connectivity index (χ1) is 14.3. The van der Waals surface area contributed by atoms with Gasteiger partial charge in [-0.3, -0.25) is 0 Å². The standard InChI is InChI=1S/C13H18O5.C9H10O3/c1-9-5-6-10(13(14)17-4)11(7-9)18-8-12(15-2)16-3;1-6-3-4-7(8(10)5-6)9(11)12-2/h5-7,12H,8H2,1-4H3;3-5,10H,1-2H3. The van der Waals surface area contributed by atoms with E-state index in [1.807, 2.05) is 19.9 Å². The molecule has 0 aromatic heterocycles. The fourth-order valence-corrected chi connectivity index (χ4v) is 2.34. The molecule has 0 radical (unpaired) electrons. The van der Waals surface area contributed by atoms with Crippen LogP contribution in [-0.2, 0) is 18.9 Å². The van der Waals surface area contributed by atoms with Crippen molar-refractivity contribution in [1.29, 1.82) is 0 Å². The van der Waals surface area contributed by atoms with E-state index in [9.17, 15) is 14.7 Å². The summed E-state index contributed by atoms with van der Waals surface area (Å²) in [7, 11) is 5.66. The zero-order valence-corrected chi connectivity index (χ0v) is 18.1. The minimum Gasteiger partial charge on any atom is -0.507 e. The van der Waals surface area contributed by atoms with Crippen LogP contribution in [0.15, 0.2) is 36.4 Å². The molecule has 0 spiro atoms. The second-order valence-corrected chi connectivity index (χ2v) is 6.22. The Morgan fingerprint density at radius 1 is 0.833 bits per heavy atom. The third-order valence-corrected chi connectivity index (χ3v) is 4.00. The molecule has 164 valence electrons. The number of carbonyl (C=O) groups excluding carboxylic acids is 2. The van der Waals surface area contributed by atoms with Crippen molar-refractivity contribution in [2.75, 3.05) is 35.0 Å². The molecule has 8 heteroatoms. The molecule has 0 aliphatic carbocycles. The summed E-state index contributed by atoms with van der Waals surface area (Å²) in [4.78, 5) is 22.5. The van der Waals surface area contributed by atoms with Gasteiger partial charge in [-0.25, -0.2) is 9.59 Å². The maximum absolute atomic E-state index is 11.6. The van der Waals surface area contributed by atoms with Gasteiger partial charge in [0, 0.05) is 14.2 Å². The number of aromatic hydroxyl groups is 1. The molecular weight excluding hydrogens is 392 g/mol. The number of methoxy groups -OCH3 is 4. The third-order valence-electron chi connectivity index (χ3n) is 4.00. The molecule has 0 heterocycles. The number of rotatable bonds is 7. The Balaban J connectivity index is 0.000000325. The summed E-state index contributed by atoms with van der Waals surface area (Å²) in [5, 5.41) is 9.29. The average Bonchev–Trinajstić information content (AvgIpc) is 2.74. The molecular formula is C22H28O8. The molecule has 30 heavy (non-hydrogen) atoms. The van der Waals surface area contributed by atoms with Crippen LogP contribution in [0.5, 0.6) is 11.5 Å². The first-order valence-corrected chi connectivity index (χ1v) is 9.02. The lowest BCUT2D eigenvalue weighted by Crippen LogP contribution is -2.22. The van der Waals surface area contributed by atoms with Crippen LogP contribution in [0, 0.1) is 13.8 Å². The van der Waals surface area contributed by atoms with Crippen LogP contribution in [0.3, 0.4) is 0 Å². The molecule has 2 aromatic carbocycles. The van der Waals surface area contributed by atoms with Gasteiger partial charge in [0.05, 0.1) is 14.2 Å². The summed E-state index contributed by atoms with van der Waals surface area (Å²) in [6, 6.07) is 10.1. The molecule has 2 aromatic rings. The number of benzene rings is 2. The Morgan fingerprint density at radius 3 is 1.83 bits per heavy atom. The van der Waals surface area contributed by atoms with Gasteiger partial charge in [0.1, 0.15) is 29.2 Å². The van der Waals surface area contributed by atoms with Gasteiger partial charge >= 0.3 is 11.9 Å². The van der Waals surface area contributed by atoms with Crippen molar-refractivity contribution in [3.63, 3.8) is 0 Å². The lowest BCUT2D eigenvalue weighted by Gasteiger charge is -2.16. The van der Waals surface area contributed by atoms with Gasteiger partial charge in [-0.05, 0) is 49.2 Å². The van der Waals surface area contributed by atoms with Gasteiger partial charge in [-0.15, -0.1) is 0 Å². The SMILES string of the molecule is COC(=O)c1ccc(C)cc1O.COC(=O)c1ccc(C)cc1OCC(OC)OC. The largest absolute Gasteiger partial charge is 0.507 e. The number of phenolic OH excluding ortho intramolecular Hbond substituents is 1. The van der Waals surface area contributed by atoms with Crippen LogP contribution in [0.4, 0.5) is 0 Å². The van der Waals surface area contributed by atoms with Crippen molar-refractivity contribution in [3.8, 4) is 11.5 Å². The van der Waals surface area contributed by atoms with E-state index in [2.05, 4.69) is 4.74 Å². The van der Waals surface area contributed by atoms with Crippen molar-refractivity contribution in [1.82, 2.24) is 0 Å². The number of hydrogen-bond donors (Lipinski definition) is 1. The number of ether oxygens (including phenoxy) is 5. The Kier molecular flexibility index (Phi) is 10.4. The normalized spacial score (nSPS) is 10.1. The Hall–Kier alpha value is -3.10. The van der Waals surface area contributed by atoms with E-state index in [-0.39, 0.29) is 17.9 Å². The summed E-state index contributed by atoms with van der Waals surface area (Å²) >= 11 is 0.